The zero-order valence-corrected chi connectivity index (χ0v) is 16.4. The summed E-state index contributed by atoms with van der Waals surface area (Å²) in [7, 11) is -10.7. The maximum atomic E-state index is 11.6. The van der Waals surface area contributed by atoms with Gasteiger partial charge in [0.1, 0.15) is 19.2 Å². The number of halogens is 6. The molecule has 0 spiro atoms. The minimum absolute atomic E-state index is 0.186. The van der Waals surface area contributed by atoms with Crippen LogP contribution in [0.5, 0.6) is 0 Å². The van der Waals surface area contributed by atoms with E-state index in [1.165, 1.54) is 0 Å². The van der Waals surface area contributed by atoms with Gasteiger partial charge < -0.3 is 9.47 Å². The van der Waals surface area contributed by atoms with E-state index < -0.39 is 13.8 Å². The molecular formula is C14H21F6N4O4P. The molecule has 0 aliphatic carbocycles. The quantitative estimate of drug-likeness (QED) is 0.124. The monoisotopic (exact) mass is 454 g/mol. The van der Waals surface area contributed by atoms with E-state index in [9.17, 15) is 30.0 Å². The Balaban J connectivity index is 0.000000516. The topological polar surface area (TPSA) is 87.2 Å². The van der Waals surface area contributed by atoms with Crippen molar-refractivity contribution in [3.63, 3.8) is 0 Å². The molecular weight excluding hydrogens is 433 g/mol. The van der Waals surface area contributed by atoms with Gasteiger partial charge in [-0.05, 0) is 19.8 Å². The van der Waals surface area contributed by atoms with E-state index in [-0.39, 0.29) is 12.3 Å². The molecule has 2 heterocycles. The maximum absolute atomic E-state index is 11.6. The average molecular weight is 454 g/mol. The van der Waals surface area contributed by atoms with Crippen molar-refractivity contribution in [2.45, 2.75) is 19.8 Å². The van der Waals surface area contributed by atoms with Gasteiger partial charge in [0, 0.05) is 0 Å². The molecule has 168 valence electrons. The molecule has 2 aliphatic heterocycles. The summed E-state index contributed by atoms with van der Waals surface area (Å²) in [5.74, 6) is -0.771. The number of amidine groups is 1. The first kappa shape index (κ1) is 24.9. The molecule has 0 atom stereocenters. The molecule has 2 fully saturated rings. The first-order chi connectivity index (χ1) is 13.2. The number of hydrogen-bond acceptors (Lipinski definition) is 6. The van der Waals surface area contributed by atoms with Crippen LogP contribution in [0.4, 0.5) is 25.2 Å². The van der Waals surface area contributed by atoms with E-state index in [0.29, 0.717) is 32.3 Å². The van der Waals surface area contributed by atoms with Crippen LogP contribution in [0, 0.1) is 11.3 Å². The fourth-order valence-corrected chi connectivity index (χ4v) is 2.37. The molecule has 2 rings (SSSR count). The van der Waals surface area contributed by atoms with Crippen LogP contribution in [0.25, 0.3) is 0 Å². The van der Waals surface area contributed by atoms with Gasteiger partial charge in [0.2, 0.25) is 0 Å². The number of carbonyl (C=O) groups excluding carboxylic acids is 1. The van der Waals surface area contributed by atoms with Gasteiger partial charge in [-0.2, -0.15) is 5.26 Å². The van der Waals surface area contributed by atoms with Gasteiger partial charge >= 0.3 is 45.0 Å². The molecule has 15 heteroatoms. The first-order valence-corrected chi connectivity index (χ1v) is 10.6. The fraction of sp³-hybridized carbons (Fsp3) is 0.714. The Hall–Kier alpha value is -2.13. The van der Waals surface area contributed by atoms with Gasteiger partial charge in [-0.25, -0.2) is 14.3 Å². The Morgan fingerprint density at radius 3 is 2.14 bits per heavy atom. The van der Waals surface area contributed by atoms with Crippen molar-refractivity contribution in [3.05, 3.63) is 0 Å². The molecule has 0 radical (unpaired) electrons. The van der Waals surface area contributed by atoms with Gasteiger partial charge in [-0.15, -0.1) is 0 Å². The fourth-order valence-electron chi connectivity index (χ4n) is 2.37. The molecule has 2 saturated heterocycles. The van der Waals surface area contributed by atoms with Crippen LogP contribution in [0.1, 0.15) is 19.8 Å². The molecule has 0 N–H and O–H groups in total. The van der Waals surface area contributed by atoms with Crippen molar-refractivity contribution >= 4 is 25.5 Å². The van der Waals surface area contributed by atoms with Gasteiger partial charge in [-0.3, -0.25) is 4.84 Å². The predicted molar refractivity (Wildman–Crippen MR) is 91.0 cm³/mol. The molecule has 8 nitrogen and oxygen atoms in total. The van der Waals surface area contributed by atoms with E-state index in [1.54, 1.807) is 13.0 Å². The molecule has 0 aromatic carbocycles. The van der Waals surface area contributed by atoms with Crippen molar-refractivity contribution in [1.29, 1.82) is 5.26 Å². The second-order valence-corrected chi connectivity index (χ2v) is 7.81. The average Bonchev–Trinajstić information content (AvgIpc) is 3.11. The third-order valence-corrected chi connectivity index (χ3v) is 3.45. The summed E-state index contributed by atoms with van der Waals surface area (Å²) in [6.45, 7) is 6.24. The Bertz CT molecular complexity index is 680. The Morgan fingerprint density at radius 1 is 1.17 bits per heavy atom. The standard InChI is InChI=1S/C14H21N4O4.F6P/c1-2-21-13(19)12(11-15)16-22-14(17-5-3-4-6-17)18-7-9-20-10-8-18;1-7(2,3,4,5)6/h2-10H2,1H3;/q+1;-1. The van der Waals surface area contributed by atoms with Crippen LogP contribution in [0.15, 0.2) is 5.16 Å². The number of esters is 1. The number of rotatable bonds is 3. The van der Waals surface area contributed by atoms with Crippen molar-refractivity contribution in [3.8, 4) is 6.07 Å². The molecule has 0 unspecified atom stereocenters. The predicted octanol–water partition coefficient (Wildman–Crippen LogP) is 3.32. The Kier molecular flexibility index (Phi) is 7.84. The summed E-state index contributed by atoms with van der Waals surface area (Å²) >= 11 is 0. The van der Waals surface area contributed by atoms with Crippen LogP contribution >= 0.6 is 7.81 Å². The summed E-state index contributed by atoms with van der Waals surface area (Å²) in [5.41, 5.74) is -0.383. The van der Waals surface area contributed by atoms with E-state index in [2.05, 4.69) is 9.73 Å². The van der Waals surface area contributed by atoms with Gasteiger partial charge in [0.25, 0.3) is 5.71 Å². The molecule has 0 bridgehead atoms. The van der Waals surface area contributed by atoms with Crippen LogP contribution in [-0.4, -0.2) is 73.2 Å². The number of morpholine rings is 1. The summed E-state index contributed by atoms with van der Waals surface area (Å²) in [5, 5.41) is 12.7. The van der Waals surface area contributed by atoms with Crippen molar-refractivity contribution in [2.24, 2.45) is 5.16 Å². The van der Waals surface area contributed by atoms with Crippen molar-refractivity contribution < 1.29 is 48.9 Å². The van der Waals surface area contributed by atoms with Gasteiger partial charge in [0.05, 0.1) is 32.9 Å². The molecule has 2 aliphatic rings. The summed E-state index contributed by atoms with van der Waals surface area (Å²) < 4.78 is 71.4. The zero-order valence-electron chi connectivity index (χ0n) is 15.5. The summed E-state index contributed by atoms with van der Waals surface area (Å²) in [6, 6.07) is 2.29. The van der Waals surface area contributed by atoms with Gasteiger partial charge in [-0.1, -0.05) is 5.16 Å². The second kappa shape index (κ2) is 9.13. The third kappa shape index (κ3) is 12.1. The molecule has 0 aromatic heterocycles. The molecule has 29 heavy (non-hydrogen) atoms. The number of hydrogen-bond donors (Lipinski definition) is 0. The molecule has 0 aromatic rings. The second-order valence-electron chi connectivity index (χ2n) is 5.90. The molecule has 0 saturated carbocycles. The van der Waals surface area contributed by atoms with Crippen molar-refractivity contribution in [2.75, 3.05) is 46.0 Å². The van der Waals surface area contributed by atoms with E-state index >= 15 is 0 Å². The summed E-state index contributed by atoms with van der Waals surface area (Å²) in [4.78, 5) is 19.1. The van der Waals surface area contributed by atoms with E-state index in [1.807, 2.05) is 4.90 Å². The van der Waals surface area contributed by atoms with Crippen LogP contribution in [0.2, 0.25) is 0 Å². The number of nitrogens with zero attached hydrogens (tertiary/aromatic N) is 4. The SMILES string of the molecule is CCOC(=O)C(C#N)=NOC(N1CCOCC1)=[N+]1CCCC1.F[P-](F)(F)(F)(F)F. The molecule has 0 amide bonds. The van der Waals surface area contributed by atoms with Crippen molar-refractivity contribution in [1.82, 2.24) is 4.90 Å². The van der Waals surface area contributed by atoms with Crippen LogP contribution in [-0.2, 0) is 19.1 Å². The third-order valence-electron chi connectivity index (χ3n) is 3.45. The minimum atomic E-state index is -10.7. The number of carbonyl (C=O) groups is 1. The number of ether oxygens (including phenoxy) is 2. The van der Waals surface area contributed by atoms with E-state index in [0.717, 1.165) is 25.9 Å². The Morgan fingerprint density at radius 2 is 1.69 bits per heavy atom. The number of oxime groups is 1. The van der Waals surface area contributed by atoms with E-state index in [4.69, 9.17) is 19.6 Å². The first-order valence-electron chi connectivity index (χ1n) is 8.54. The number of nitriles is 1. The van der Waals surface area contributed by atoms with Crippen LogP contribution < -0.4 is 0 Å². The normalized spacial score (nSPS) is 19.9. The van der Waals surface area contributed by atoms with Gasteiger partial charge in [0.15, 0.2) is 0 Å². The Labute approximate surface area is 162 Å². The zero-order chi connectivity index (χ0) is 22.2. The summed E-state index contributed by atoms with van der Waals surface area (Å²) in [6.07, 6.45) is 2.17. The van der Waals surface area contributed by atoms with Crippen LogP contribution in [0.3, 0.4) is 0 Å².